The molecule has 0 heterocycles. The van der Waals surface area contributed by atoms with E-state index in [1.54, 1.807) is 12.1 Å². The van der Waals surface area contributed by atoms with Crippen molar-refractivity contribution in [2.24, 2.45) is 0 Å². The van der Waals surface area contributed by atoms with E-state index in [1.165, 1.54) is 0 Å². The first kappa shape index (κ1) is 10.7. The van der Waals surface area contributed by atoms with Crippen LogP contribution in [0.4, 0.5) is 5.69 Å². The highest BCUT2D eigenvalue weighted by atomic mass is 16.6. The van der Waals surface area contributed by atoms with Crippen molar-refractivity contribution in [2.75, 3.05) is 0 Å². The fourth-order valence-corrected chi connectivity index (χ4v) is 1.48. The van der Waals surface area contributed by atoms with Crippen molar-refractivity contribution in [2.45, 2.75) is 26.2 Å². The Morgan fingerprint density at radius 1 is 1.57 bits per heavy atom. The summed E-state index contributed by atoms with van der Waals surface area (Å²) in [5, 5.41) is 10.6. The number of benzene rings is 1. The molecular formula is C11H14NO2. The first-order valence-electron chi connectivity index (χ1n) is 4.66. The SMILES string of the molecule is [CH2]C(C)c1cc([N+](=O)[O-])ccc1CC. The third kappa shape index (κ3) is 2.10. The van der Waals surface area contributed by atoms with E-state index in [4.69, 9.17) is 0 Å². The van der Waals surface area contributed by atoms with Gasteiger partial charge in [0.1, 0.15) is 0 Å². The molecule has 75 valence electrons. The molecule has 0 N–H and O–H groups in total. The minimum Gasteiger partial charge on any atom is -0.258 e. The van der Waals surface area contributed by atoms with Gasteiger partial charge in [0.2, 0.25) is 0 Å². The molecule has 3 heteroatoms. The number of nitro benzene ring substituents is 1. The average molecular weight is 192 g/mol. The molecule has 1 aromatic carbocycles. The maximum Gasteiger partial charge on any atom is 0.269 e. The van der Waals surface area contributed by atoms with Gasteiger partial charge in [-0.3, -0.25) is 10.1 Å². The Kier molecular flexibility index (Phi) is 3.23. The lowest BCUT2D eigenvalue weighted by Crippen LogP contribution is -1.97. The third-order valence-corrected chi connectivity index (χ3v) is 2.25. The van der Waals surface area contributed by atoms with Gasteiger partial charge in [0.25, 0.3) is 5.69 Å². The molecule has 0 aromatic heterocycles. The molecule has 0 aliphatic rings. The number of rotatable bonds is 3. The van der Waals surface area contributed by atoms with E-state index in [0.29, 0.717) is 0 Å². The van der Waals surface area contributed by atoms with Crippen LogP contribution in [0.15, 0.2) is 18.2 Å². The first-order chi connectivity index (χ1) is 6.56. The second-order valence-electron chi connectivity index (χ2n) is 3.39. The van der Waals surface area contributed by atoms with Crippen LogP contribution < -0.4 is 0 Å². The minimum atomic E-state index is -0.370. The number of non-ortho nitro benzene ring substituents is 1. The Hall–Kier alpha value is -1.38. The molecule has 1 unspecified atom stereocenters. The van der Waals surface area contributed by atoms with Crippen LogP contribution in [0.5, 0.6) is 0 Å². The highest BCUT2D eigenvalue weighted by Crippen LogP contribution is 2.24. The number of hydrogen-bond donors (Lipinski definition) is 0. The lowest BCUT2D eigenvalue weighted by molar-refractivity contribution is -0.384. The van der Waals surface area contributed by atoms with Gasteiger partial charge >= 0.3 is 0 Å². The average Bonchev–Trinajstić information content (AvgIpc) is 2.16. The van der Waals surface area contributed by atoms with E-state index in [0.717, 1.165) is 17.5 Å². The molecule has 1 atom stereocenters. The molecule has 0 saturated heterocycles. The van der Waals surface area contributed by atoms with Crippen LogP contribution in [0, 0.1) is 17.0 Å². The molecule has 1 radical (unpaired) electrons. The molecule has 0 saturated carbocycles. The smallest absolute Gasteiger partial charge is 0.258 e. The van der Waals surface area contributed by atoms with Gasteiger partial charge in [-0.2, -0.15) is 0 Å². The molecule has 0 fully saturated rings. The van der Waals surface area contributed by atoms with Gasteiger partial charge in [-0.25, -0.2) is 0 Å². The maximum absolute atomic E-state index is 10.6. The quantitative estimate of drug-likeness (QED) is 0.545. The Morgan fingerprint density at radius 2 is 2.21 bits per heavy atom. The van der Waals surface area contributed by atoms with Crippen molar-refractivity contribution in [1.82, 2.24) is 0 Å². The monoisotopic (exact) mass is 192 g/mol. The van der Waals surface area contributed by atoms with Crippen LogP contribution in [0.2, 0.25) is 0 Å². The second-order valence-corrected chi connectivity index (χ2v) is 3.39. The zero-order valence-electron chi connectivity index (χ0n) is 8.49. The summed E-state index contributed by atoms with van der Waals surface area (Å²) in [5.74, 6) is 0.0878. The summed E-state index contributed by atoms with van der Waals surface area (Å²) in [6.07, 6.45) is 0.882. The van der Waals surface area contributed by atoms with Gasteiger partial charge < -0.3 is 0 Å². The summed E-state index contributed by atoms with van der Waals surface area (Å²) in [5.41, 5.74) is 2.26. The highest BCUT2D eigenvalue weighted by Gasteiger charge is 2.11. The first-order valence-corrected chi connectivity index (χ1v) is 4.66. The molecule has 0 amide bonds. The molecular weight excluding hydrogens is 178 g/mol. The van der Waals surface area contributed by atoms with Gasteiger partial charge in [-0.05, 0) is 30.4 Å². The van der Waals surface area contributed by atoms with Crippen LogP contribution in [0.3, 0.4) is 0 Å². The number of nitrogens with zero attached hydrogens (tertiary/aromatic N) is 1. The van der Waals surface area contributed by atoms with Crippen LogP contribution in [-0.4, -0.2) is 4.92 Å². The number of nitro groups is 1. The summed E-state index contributed by atoms with van der Waals surface area (Å²) in [6.45, 7) is 7.87. The maximum atomic E-state index is 10.6. The van der Waals surface area contributed by atoms with E-state index >= 15 is 0 Å². The van der Waals surface area contributed by atoms with Crippen molar-refractivity contribution in [3.05, 3.63) is 46.4 Å². The Balaban J connectivity index is 3.20. The van der Waals surface area contributed by atoms with Gasteiger partial charge in [0.05, 0.1) is 4.92 Å². The van der Waals surface area contributed by atoms with E-state index in [1.807, 2.05) is 19.9 Å². The lowest BCUT2D eigenvalue weighted by Gasteiger charge is -2.10. The molecule has 0 bridgehead atoms. The summed E-state index contributed by atoms with van der Waals surface area (Å²) >= 11 is 0. The third-order valence-electron chi connectivity index (χ3n) is 2.25. The van der Waals surface area contributed by atoms with E-state index < -0.39 is 0 Å². The fraction of sp³-hybridized carbons (Fsp3) is 0.364. The molecule has 3 nitrogen and oxygen atoms in total. The van der Waals surface area contributed by atoms with Crippen LogP contribution in [0.1, 0.15) is 30.9 Å². The molecule has 0 aliphatic heterocycles. The zero-order chi connectivity index (χ0) is 10.7. The van der Waals surface area contributed by atoms with Crippen molar-refractivity contribution in [1.29, 1.82) is 0 Å². The Bertz CT molecular complexity index is 345. The van der Waals surface area contributed by atoms with Gasteiger partial charge in [-0.15, -0.1) is 0 Å². The second kappa shape index (κ2) is 4.22. The van der Waals surface area contributed by atoms with Crippen LogP contribution in [-0.2, 0) is 6.42 Å². The Labute approximate surface area is 83.9 Å². The number of hydrogen-bond acceptors (Lipinski definition) is 2. The van der Waals surface area contributed by atoms with Crippen molar-refractivity contribution in [3.8, 4) is 0 Å². The topological polar surface area (TPSA) is 43.1 Å². The summed E-state index contributed by atoms with van der Waals surface area (Å²) in [7, 11) is 0. The van der Waals surface area contributed by atoms with Gasteiger partial charge in [-0.1, -0.05) is 19.9 Å². The van der Waals surface area contributed by atoms with Gasteiger partial charge in [0.15, 0.2) is 0 Å². The van der Waals surface area contributed by atoms with Crippen molar-refractivity contribution < 1.29 is 4.92 Å². The van der Waals surface area contributed by atoms with Crippen LogP contribution in [0.25, 0.3) is 0 Å². The largest absolute Gasteiger partial charge is 0.269 e. The minimum absolute atomic E-state index is 0.0878. The molecule has 1 aromatic rings. The van der Waals surface area contributed by atoms with Crippen LogP contribution >= 0.6 is 0 Å². The summed E-state index contributed by atoms with van der Waals surface area (Å²) < 4.78 is 0. The van der Waals surface area contributed by atoms with Crippen molar-refractivity contribution >= 4 is 5.69 Å². The van der Waals surface area contributed by atoms with E-state index in [2.05, 4.69) is 6.92 Å². The number of aryl methyl sites for hydroxylation is 1. The highest BCUT2D eigenvalue weighted by molar-refractivity contribution is 5.41. The summed E-state index contributed by atoms with van der Waals surface area (Å²) in [6, 6.07) is 4.98. The standard InChI is InChI=1S/C11H14NO2/c1-4-9-5-6-10(12(13)14)7-11(9)8(2)3/h5-8H,2,4H2,1,3H3. The molecule has 0 spiro atoms. The predicted molar refractivity (Wildman–Crippen MR) is 56.2 cm³/mol. The fourth-order valence-electron chi connectivity index (χ4n) is 1.48. The normalized spacial score (nSPS) is 10.6. The lowest BCUT2D eigenvalue weighted by atomic mass is 9.95. The van der Waals surface area contributed by atoms with Crippen molar-refractivity contribution in [3.63, 3.8) is 0 Å². The van der Waals surface area contributed by atoms with E-state index in [9.17, 15) is 10.1 Å². The van der Waals surface area contributed by atoms with E-state index in [-0.39, 0.29) is 16.5 Å². The van der Waals surface area contributed by atoms with Gasteiger partial charge in [0, 0.05) is 12.1 Å². The predicted octanol–water partition coefficient (Wildman–Crippen LogP) is 3.09. The molecule has 1 rings (SSSR count). The molecule has 0 aliphatic carbocycles. The Morgan fingerprint density at radius 3 is 2.64 bits per heavy atom. The zero-order valence-corrected chi connectivity index (χ0v) is 8.49. The summed E-state index contributed by atoms with van der Waals surface area (Å²) in [4.78, 5) is 10.2. The molecule has 14 heavy (non-hydrogen) atoms.